The van der Waals surface area contributed by atoms with Crippen LogP contribution in [0.25, 0.3) is 0 Å². The molecule has 0 bridgehead atoms. The molecule has 210 valence electrons. The maximum absolute atomic E-state index is 13.4. The van der Waals surface area contributed by atoms with Gasteiger partial charge in [-0.25, -0.2) is 0 Å². The first kappa shape index (κ1) is 30.8. The van der Waals surface area contributed by atoms with Gasteiger partial charge < -0.3 is 26.6 Å². The second-order valence-corrected chi connectivity index (χ2v) is 11.5. The Balaban J connectivity index is 2.20. The van der Waals surface area contributed by atoms with Gasteiger partial charge in [0, 0.05) is 12.5 Å². The van der Waals surface area contributed by atoms with Crippen molar-refractivity contribution >= 4 is 17.7 Å². The number of carbonyl (C=O) groups is 3. The lowest BCUT2D eigenvalue weighted by atomic mass is 9.75. The number of piperidine rings is 1. The Morgan fingerprint density at radius 1 is 1.05 bits per heavy atom. The Bertz CT molecular complexity index is 850. The number of hydrogen-bond donors (Lipinski definition) is 5. The summed E-state index contributed by atoms with van der Waals surface area (Å²) in [6, 6.07) is -1.18. The van der Waals surface area contributed by atoms with Gasteiger partial charge in [0.05, 0.1) is 6.07 Å². The zero-order chi connectivity index (χ0) is 28.0. The van der Waals surface area contributed by atoms with E-state index < -0.39 is 47.4 Å². The minimum atomic E-state index is -5.15. The summed E-state index contributed by atoms with van der Waals surface area (Å²) in [7, 11) is 1.78. The van der Waals surface area contributed by atoms with Crippen LogP contribution in [0.2, 0.25) is 0 Å². The van der Waals surface area contributed by atoms with Crippen LogP contribution in [-0.2, 0) is 14.4 Å². The predicted octanol–water partition coefficient (Wildman–Crippen LogP) is 1.45. The monoisotopic (exact) mass is 530 g/mol. The number of hydrogen-bond acceptors (Lipinski definition) is 6. The average Bonchev–Trinajstić information content (AvgIpc) is 3.62. The van der Waals surface area contributed by atoms with E-state index in [9.17, 15) is 32.8 Å². The van der Waals surface area contributed by atoms with Crippen molar-refractivity contribution in [3.8, 4) is 6.07 Å². The number of rotatable bonds is 11. The van der Waals surface area contributed by atoms with Gasteiger partial charge >= 0.3 is 12.1 Å². The van der Waals surface area contributed by atoms with Crippen molar-refractivity contribution in [1.82, 2.24) is 26.6 Å². The van der Waals surface area contributed by atoms with E-state index in [-0.39, 0.29) is 17.8 Å². The Morgan fingerprint density at radius 2 is 1.70 bits per heavy atom. The van der Waals surface area contributed by atoms with E-state index in [1.54, 1.807) is 12.4 Å². The molecule has 6 atom stereocenters. The van der Waals surface area contributed by atoms with Crippen molar-refractivity contribution in [3.05, 3.63) is 0 Å². The van der Waals surface area contributed by atoms with Crippen LogP contribution in [0, 0.1) is 40.4 Å². The molecule has 0 aromatic rings. The third-order valence-electron chi connectivity index (χ3n) is 7.30. The second-order valence-electron chi connectivity index (χ2n) is 11.5. The number of carbonyl (C=O) groups excluding carboxylic acids is 3. The van der Waals surface area contributed by atoms with Crippen LogP contribution in [0.15, 0.2) is 0 Å². The number of alkyl halides is 3. The molecule has 5 N–H and O–H groups in total. The van der Waals surface area contributed by atoms with Crippen LogP contribution in [0.5, 0.6) is 0 Å². The minimum absolute atomic E-state index is 0.144. The predicted molar refractivity (Wildman–Crippen MR) is 132 cm³/mol. The topological polar surface area (TPSA) is 135 Å². The lowest BCUT2D eigenvalue weighted by molar-refractivity contribution is -0.175. The molecule has 1 heterocycles. The van der Waals surface area contributed by atoms with Gasteiger partial charge in [-0.15, -0.1) is 0 Å². The molecule has 0 aromatic heterocycles. The summed E-state index contributed by atoms with van der Waals surface area (Å²) >= 11 is 0. The lowest BCUT2D eigenvalue weighted by Crippen LogP contribution is -2.60. The lowest BCUT2D eigenvalue weighted by Gasteiger charge is -2.38. The van der Waals surface area contributed by atoms with Gasteiger partial charge in [0.15, 0.2) is 0 Å². The molecule has 2 rings (SSSR count). The highest BCUT2D eigenvalue weighted by Crippen LogP contribution is 2.34. The van der Waals surface area contributed by atoms with Crippen molar-refractivity contribution in [2.45, 2.75) is 77.7 Å². The third kappa shape index (κ3) is 9.14. The highest BCUT2D eigenvalue weighted by Gasteiger charge is 2.44. The van der Waals surface area contributed by atoms with E-state index in [0.717, 1.165) is 32.4 Å². The summed E-state index contributed by atoms with van der Waals surface area (Å²) in [6.07, 6.45) is -2.14. The molecule has 0 spiro atoms. The fourth-order valence-electron chi connectivity index (χ4n) is 4.89. The van der Waals surface area contributed by atoms with Gasteiger partial charge in [0.25, 0.3) is 0 Å². The van der Waals surface area contributed by atoms with E-state index in [1.807, 2.05) is 0 Å². The molecule has 12 heteroatoms. The summed E-state index contributed by atoms with van der Waals surface area (Å²) in [5.41, 5.74) is -1.05. The molecule has 1 aliphatic carbocycles. The number of nitriles is 1. The largest absolute Gasteiger partial charge is 0.471 e. The van der Waals surface area contributed by atoms with Crippen molar-refractivity contribution in [2.75, 3.05) is 26.7 Å². The van der Waals surface area contributed by atoms with Crippen LogP contribution < -0.4 is 26.6 Å². The van der Waals surface area contributed by atoms with E-state index in [4.69, 9.17) is 0 Å². The zero-order valence-electron chi connectivity index (χ0n) is 22.3. The Hall–Kier alpha value is -2.39. The van der Waals surface area contributed by atoms with Gasteiger partial charge in [0.1, 0.15) is 18.1 Å². The fourth-order valence-corrected chi connectivity index (χ4v) is 4.89. The highest BCUT2D eigenvalue weighted by atomic mass is 19.4. The molecule has 2 fully saturated rings. The normalized spacial score (nSPS) is 23.6. The Kier molecular flexibility index (Phi) is 10.8. The van der Waals surface area contributed by atoms with Gasteiger partial charge in [-0.2, -0.15) is 18.4 Å². The molecule has 3 amide bonds. The SMILES string of the molecule is CNCC(C(C#N)NC(=O)C(CC1CC1)NC(=O)C(NC(=O)C(F)(F)F)C(C)(C)C)C1CNCCC1C. The number of halogens is 3. The summed E-state index contributed by atoms with van der Waals surface area (Å²) in [4.78, 5) is 38.0. The van der Waals surface area contributed by atoms with Crippen LogP contribution in [0.1, 0.15) is 53.4 Å². The standard InChI is InChI=1S/C25H41F3N6O3/c1-14-8-9-31-13-16(14)17(12-30-5)19(11-29)33-21(35)18(10-15-6-7-15)32-22(36)20(24(2,3)4)34-23(37)25(26,27)28/h14-20,30-31H,6-10,12-13H2,1-5H3,(H,32,36)(H,33,35)(H,34,37). The summed E-state index contributed by atoms with van der Waals surface area (Å²) in [5.74, 6) is -3.15. The molecule has 1 saturated heterocycles. The summed E-state index contributed by atoms with van der Waals surface area (Å²) in [5, 5.41) is 23.6. The zero-order valence-corrected chi connectivity index (χ0v) is 22.3. The highest BCUT2D eigenvalue weighted by molar-refractivity contribution is 5.93. The van der Waals surface area contributed by atoms with Gasteiger partial charge in [-0.1, -0.05) is 40.5 Å². The Labute approximate surface area is 217 Å². The molecular weight excluding hydrogens is 489 g/mol. The van der Waals surface area contributed by atoms with Gasteiger partial charge in [0.2, 0.25) is 11.8 Å². The quantitative estimate of drug-likeness (QED) is 0.275. The second kappa shape index (κ2) is 12.9. The molecule has 37 heavy (non-hydrogen) atoms. The summed E-state index contributed by atoms with van der Waals surface area (Å²) in [6.45, 7) is 8.82. The molecule has 9 nitrogen and oxygen atoms in total. The number of nitrogens with zero attached hydrogens (tertiary/aromatic N) is 1. The number of nitrogens with one attached hydrogen (secondary N) is 5. The van der Waals surface area contributed by atoms with Crippen molar-refractivity contribution in [3.63, 3.8) is 0 Å². The molecule has 1 saturated carbocycles. The van der Waals surface area contributed by atoms with E-state index in [2.05, 4.69) is 34.3 Å². The van der Waals surface area contributed by atoms with E-state index >= 15 is 0 Å². The Morgan fingerprint density at radius 3 is 2.19 bits per heavy atom. The van der Waals surface area contributed by atoms with E-state index in [1.165, 1.54) is 20.8 Å². The smallest absolute Gasteiger partial charge is 0.342 e. The molecule has 0 aromatic carbocycles. The van der Waals surface area contributed by atoms with Gasteiger partial charge in [-0.3, -0.25) is 14.4 Å². The maximum Gasteiger partial charge on any atom is 0.471 e. The molecule has 6 unspecified atom stereocenters. The maximum atomic E-state index is 13.4. The van der Waals surface area contributed by atoms with E-state index in [0.29, 0.717) is 18.9 Å². The van der Waals surface area contributed by atoms with Crippen LogP contribution >= 0.6 is 0 Å². The molecule has 2 aliphatic rings. The molecule has 1 aliphatic heterocycles. The minimum Gasteiger partial charge on any atom is -0.342 e. The van der Waals surface area contributed by atoms with Crippen molar-refractivity contribution in [1.29, 1.82) is 5.26 Å². The average molecular weight is 531 g/mol. The first-order valence-corrected chi connectivity index (χ1v) is 12.9. The van der Waals surface area contributed by atoms with Crippen LogP contribution in [0.3, 0.4) is 0 Å². The number of amides is 3. The molecule has 0 radical (unpaired) electrons. The molecular formula is C25H41F3N6O3. The first-order valence-electron chi connectivity index (χ1n) is 12.9. The van der Waals surface area contributed by atoms with Crippen LogP contribution in [-0.4, -0.2) is 68.7 Å². The fraction of sp³-hybridized carbons (Fsp3) is 0.840. The van der Waals surface area contributed by atoms with Crippen LogP contribution in [0.4, 0.5) is 13.2 Å². The first-order chi connectivity index (χ1) is 17.2. The van der Waals surface area contributed by atoms with Crippen molar-refractivity contribution in [2.24, 2.45) is 29.1 Å². The van der Waals surface area contributed by atoms with Crippen molar-refractivity contribution < 1.29 is 27.6 Å². The third-order valence-corrected chi connectivity index (χ3v) is 7.30. The summed E-state index contributed by atoms with van der Waals surface area (Å²) < 4.78 is 38.7. The van der Waals surface area contributed by atoms with Gasteiger partial charge in [-0.05, 0) is 56.1 Å².